The first kappa shape index (κ1) is 34.7. The third-order valence-electron chi connectivity index (χ3n) is 9.82. The number of hydrogen-bond donors (Lipinski definition) is 4. The van der Waals surface area contributed by atoms with Crippen molar-refractivity contribution in [1.29, 1.82) is 0 Å². The number of alkyl carbamates (subject to hydrolysis) is 2. The topological polar surface area (TPSA) is 175 Å². The van der Waals surface area contributed by atoms with Gasteiger partial charge in [-0.3, -0.25) is 9.59 Å². The lowest BCUT2D eigenvalue weighted by Crippen LogP contribution is -2.51. The fraction of sp³-hybridized carbons (Fsp3) is 0.500. The zero-order valence-electron chi connectivity index (χ0n) is 29.4. The normalized spacial score (nSPS) is 19.0. The van der Waals surface area contributed by atoms with Crippen molar-refractivity contribution in [2.75, 3.05) is 27.3 Å². The van der Waals surface area contributed by atoms with Crippen molar-refractivity contribution in [3.8, 4) is 11.1 Å². The van der Waals surface area contributed by atoms with Gasteiger partial charge in [-0.1, -0.05) is 39.8 Å². The number of nitrogens with one attached hydrogen (secondary N) is 4. The molecule has 2 aliphatic heterocycles. The molecule has 14 heteroatoms. The first-order valence-corrected chi connectivity index (χ1v) is 17.3. The molecule has 4 aromatic rings. The molecular weight excluding hydrogens is 640 g/mol. The molecule has 2 aromatic heterocycles. The highest BCUT2D eigenvalue weighted by molar-refractivity contribution is 5.89. The fourth-order valence-corrected chi connectivity index (χ4v) is 7.12. The van der Waals surface area contributed by atoms with Gasteiger partial charge in [0, 0.05) is 13.1 Å². The second kappa shape index (κ2) is 14.4. The summed E-state index contributed by atoms with van der Waals surface area (Å²) in [6.45, 7) is 8.75. The Morgan fingerprint density at radius 1 is 0.700 bits per heavy atom. The lowest BCUT2D eigenvalue weighted by molar-refractivity contribution is -0.136. The molecule has 266 valence electrons. The summed E-state index contributed by atoms with van der Waals surface area (Å²) in [6, 6.07) is 10.2. The van der Waals surface area contributed by atoms with E-state index in [1.165, 1.54) is 14.2 Å². The number of aromatic nitrogens is 4. The van der Waals surface area contributed by atoms with Gasteiger partial charge in [0.25, 0.3) is 0 Å². The Bertz CT molecular complexity index is 1760. The van der Waals surface area contributed by atoms with Gasteiger partial charge in [-0.05, 0) is 72.9 Å². The minimum atomic E-state index is -0.699. The van der Waals surface area contributed by atoms with Crippen LogP contribution in [0.4, 0.5) is 9.59 Å². The van der Waals surface area contributed by atoms with Crippen LogP contribution in [0.25, 0.3) is 33.2 Å². The van der Waals surface area contributed by atoms with E-state index < -0.39 is 24.3 Å². The third-order valence-corrected chi connectivity index (χ3v) is 9.82. The number of benzene rings is 2. The van der Waals surface area contributed by atoms with E-state index in [0.29, 0.717) is 13.1 Å². The predicted molar refractivity (Wildman–Crippen MR) is 187 cm³/mol. The maximum Gasteiger partial charge on any atom is 0.407 e. The van der Waals surface area contributed by atoms with Crippen LogP contribution in [-0.2, 0) is 19.1 Å². The van der Waals surface area contributed by atoms with Crippen LogP contribution >= 0.6 is 0 Å². The molecule has 2 aromatic carbocycles. The number of hydrogen-bond acceptors (Lipinski definition) is 8. The smallest absolute Gasteiger partial charge is 0.407 e. The minimum absolute atomic E-state index is 0.114. The molecule has 4 N–H and O–H groups in total. The van der Waals surface area contributed by atoms with Crippen LogP contribution in [0.5, 0.6) is 0 Å². The number of H-pyrrole nitrogens is 2. The third kappa shape index (κ3) is 6.83. The molecule has 0 unspecified atom stereocenters. The maximum atomic E-state index is 13.6. The highest BCUT2D eigenvalue weighted by Gasteiger charge is 2.39. The van der Waals surface area contributed by atoms with Crippen molar-refractivity contribution in [2.45, 2.75) is 77.5 Å². The van der Waals surface area contributed by atoms with Crippen LogP contribution in [0.1, 0.15) is 77.1 Å². The number of ether oxygens (including phenoxy) is 2. The molecular formula is C36H46N8O6. The molecule has 2 aliphatic rings. The molecule has 2 fully saturated rings. The number of amides is 4. The van der Waals surface area contributed by atoms with Crippen LogP contribution in [-0.4, -0.2) is 93.1 Å². The van der Waals surface area contributed by atoms with Gasteiger partial charge in [-0.2, -0.15) is 0 Å². The van der Waals surface area contributed by atoms with Gasteiger partial charge < -0.3 is 39.9 Å². The van der Waals surface area contributed by atoms with Gasteiger partial charge in [-0.25, -0.2) is 19.6 Å². The second-order valence-electron chi connectivity index (χ2n) is 13.8. The Labute approximate surface area is 290 Å². The number of carbonyl (C=O) groups excluding carboxylic acids is 4. The Kier molecular flexibility index (Phi) is 9.98. The predicted octanol–water partition coefficient (Wildman–Crippen LogP) is 5.19. The van der Waals surface area contributed by atoms with Gasteiger partial charge >= 0.3 is 12.2 Å². The summed E-state index contributed by atoms with van der Waals surface area (Å²) in [7, 11) is 2.57. The molecule has 4 atom stereocenters. The van der Waals surface area contributed by atoms with Crippen LogP contribution in [0, 0.1) is 11.8 Å². The number of methoxy groups -OCH3 is 2. The number of carbonyl (C=O) groups is 4. The van der Waals surface area contributed by atoms with E-state index in [1.807, 2.05) is 52.0 Å². The van der Waals surface area contributed by atoms with Crippen molar-refractivity contribution in [3.05, 3.63) is 48.0 Å². The van der Waals surface area contributed by atoms with E-state index >= 15 is 0 Å². The Morgan fingerprint density at radius 3 is 1.46 bits per heavy atom. The molecule has 14 nitrogen and oxygen atoms in total. The molecule has 0 spiro atoms. The van der Waals surface area contributed by atoms with Gasteiger partial charge in [0.1, 0.15) is 23.7 Å². The van der Waals surface area contributed by atoms with Crippen LogP contribution in [0.2, 0.25) is 0 Å². The zero-order valence-corrected chi connectivity index (χ0v) is 29.4. The van der Waals surface area contributed by atoms with E-state index in [4.69, 9.17) is 19.4 Å². The second-order valence-corrected chi connectivity index (χ2v) is 13.8. The quantitative estimate of drug-likeness (QED) is 0.186. The van der Waals surface area contributed by atoms with Crippen LogP contribution < -0.4 is 10.6 Å². The average Bonchev–Trinajstić information content (AvgIpc) is 3.92. The number of fused-ring (bicyclic) bond motifs is 2. The highest BCUT2D eigenvalue weighted by Crippen LogP contribution is 2.35. The monoisotopic (exact) mass is 686 g/mol. The molecule has 4 amide bonds. The minimum Gasteiger partial charge on any atom is -0.453 e. The van der Waals surface area contributed by atoms with Gasteiger partial charge in [0.15, 0.2) is 0 Å². The molecule has 0 bridgehead atoms. The fourth-order valence-electron chi connectivity index (χ4n) is 7.12. The van der Waals surface area contributed by atoms with Gasteiger partial charge in [-0.15, -0.1) is 0 Å². The summed E-state index contributed by atoms with van der Waals surface area (Å²) in [4.78, 5) is 71.4. The SMILES string of the molecule is COC(=O)N[C@H](C(=O)N1CCC[C@H]1c1nc2ccc(-c3ccc4nc([C@@H]5CCCN5C(=O)[C@H](NC(=O)OC)C(C)C)[nH]c4c3)cc2[nH]1)C(C)C. The number of imidazole rings is 2. The number of likely N-dealkylation sites (tertiary alicyclic amines) is 2. The summed E-state index contributed by atoms with van der Waals surface area (Å²) < 4.78 is 9.52. The number of nitrogens with zero attached hydrogens (tertiary/aromatic N) is 4. The molecule has 0 saturated carbocycles. The lowest BCUT2D eigenvalue weighted by atomic mass is 10.0. The van der Waals surface area contributed by atoms with E-state index in [-0.39, 0.29) is 35.7 Å². The standard InChI is InChI=1S/C36H46N8O6/c1-19(2)29(41-35(47)49-5)33(45)43-15-7-9-27(43)31-37-23-13-11-21(17-25(23)39-31)22-12-14-24-26(18-22)40-32(38-24)28-10-8-16-44(28)34(46)30(20(3)4)42-36(48)50-6/h11-14,17-20,27-30H,7-10,15-16H2,1-6H3,(H,37,39)(H,38,40)(H,41,47)(H,42,48)/t27-,28-,29-,30+/m0/s1. The van der Waals surface area contributed by atoms with E-state index in [9.17, 15) is 19.2 Å². The average molecular weight is 687 g/mol. The summed E-state index contributed by atoms with van der Waals surface area (Å²) in [5, 5.41) is 5.39. The number of rotatable bonds is 9. The zero-order chi connectivity index (χ0) is 35.7. The van der Waals surface area contributed by atoms with Crippen molar-refractivity contribution >= 4 is 46.1 Å². The van der Waals surface area contributed by atoms with Gasteiger partial charge in [0.2, 0.25) is 11.8 Å². The Morgan fingerprint density at radius 2 is 1.10 bits per heavy atom. The summed E-state index contributed by atoms with van der Waals surface area (Å²) in [6.07, 6.45) is 1.95. The molecule has 50 heavy (non-hydrogen) atoms. The largest absolute Gasteiger partial charge is 0.453 e. The molecule has 0 radical (unpaired) electrons. The molecule has 4 heterocycles. The summed E-state index contributed by atoms with van der Waals surface area (Å²) in [5.74, 6) is 0.907. The van der Waals surface area contributed by atoms with Crippen LogP contribution in [0.15, 0.2) is 36.4 Å². The van der Waals surface area contributed by atoms with Crippen LogP contribution in [0.3, 0.4) is 0 Å². The van der Waals surface area contributed by atoms with E-state index in [1.54, 1.807) is 9.80 Å². The summed E-state index contributed by atoms with van der Waals surface area (Å²) in [5.41, 5.74) is 5.28. The summed E-state index contributed by atoms with van der Waals surface area (Å²) >= 11 is 0. The van der Waals surface area contributed by atoms with E-state index in [0.717, 1.165) is 70.5 Å². The first-order chi connectivity index (χ1) is 24.0. The lowest BCUT2D eigenvalue weighted by Gasteiger charge is -2.29. The van der Waals surface area contributed by atoms with Crippen molar-refractivity contribution < 1.29 is 28.7 Å². The van der Waals surface area contributed by atoms with Gasteiger partial charge in [0.05, 0.1) is 48.4 Å². The Hall–Kier alpha value is -5.14. The van der Waals surface area contributed by atoms with Crippen molar-refractivity contribution in [2.24, 2.45) is 11.8 Å². The molecule has 0 aliphatic carbocycles. The van der Waals surface area contributed by atoms with Crippen molar-refractivity contribution in [1.82, 2.24) is 40.4 Å². The maximum absolute atomic E-state index is 13.6. The molecule has 6 rings (SSSR count). The molecule has 2 saturated heterocycles. The van der Waals surface area contributed by atoms with E-state index in [2.05, 4.69) is 32.7 Å². The first-order valence-electron chi connectivity index (χ1n) is 17.3. The highest BCUT2D eigenvalue weighted by atomic mass is 16.5. The Balaban J connectivity index is 1.22. The van der Waals surface area contributed by atoms with Crippen molar-refractivity contribution in [3.63, 3.8) is 0 Å². The number of aromatic amines is 2.